The number of carbonyl (C=O) groups excluding carboxylic acids is 3. The van der Waals surface area contributed by atoms with Gasteiger partial charge in [-0.1, -0.05) is 29.8 Å². The maximum absolute atomic E-state index is 13.4. The lowest BCUT2D eigenvalue weighted by Crippen LogP contribution is -2.29. The summed E-state index contributed by atoms with van der Waals surface area (Å²) in [7, 11) is 1.44. The number of ether oxygens (including phenoxy) is 2. The zero-order valence-electron chi connectivity index (χ0n) is 20.2. The number of aryl methyl sites for hydroxylation is 2. The van der Waals surface area contributed by atoms with E-state index in [4.69, 9.17) is 21.1 Å². The number of rotatable bonds is 5. The Morgan fingerprint density at radius 3 is 2.33 bits per heavy atom. The van der Waals surface area contributed by atoms with E-state index in [-0.39, 0.29) is 22.6 Å². The van der Waals surface area contributed by atoms with Crippen LogP contribution in [-0.4, -0.2) is 29.9 Å². The highest BCUT2D eigenvalue weighted by molar-refractivity contribution is 6.51. The van der Waals surface area contributed by atoms with E-state index in [1.54, 1.807) is 36.4 Å². The normalized spacial score (nSPS) is 16.8. The predicted octanol–water partition coefficient (Wildman–Crippen LogP) is 5.52. The molecular formula is C28H24ClNO6. The number of esters is 1. The number of amides is 1. The monoisotopic (exact) mass is 505 g/mol. The minimum Gasteiger partial charge on any atom is -0.507 e. The van der Waals surface area contributed by atoms with Crippen molar-refractivity contribution < 1.29 is 29.0 Å². The van der Waals surface area contributed by atoms with Crippen LogP contribution in [0.2, 0.25) is 5.02 Å². The highest BCUT2D eigenvalue weighted by Gasteiger charge is 2.47. The van der Waals surface area contributed by atoms with Crippen LogP contribution in [0.15, 0.2) is 66.2 Å². The first-order valence-corrected chi connectivity index (χ1v) is 11.5. The first-order chi connectivity index (χ1) is 17.1. The Morgan fingerprint density at radius 2 is 1.69 bits per heavy atom. The second kappa shape index (κ2) is 9.87. The fraction of sp³-hybridized carbons (Fsp3) is 0.179. The third-order valence-corrected chi connectivity index (χ3v) is 6.10. The number of aliphatic hydroxyl groups excluding tert-OH is 1. The van der Waals surface area contributed by atoms with Gasteiger partial charge in [-0.3, -0.25) is 19.3 Å². The Morgan fingerprint density at radius 1 is 1.00 bits per heavy atom. The molecule has 1 unspecified atom stereocenters. The van der Waals surface area contributed by atoms with Crippen LogP contribution in [0.5, 0.6) is 11.5 Å². The molecule has 4 rings (SSSR count). The molecule has 1 saturated heterocycles. The Kier molecular flexibility index (Phi) is 6.86. The molecule has 0 saturated carbocycles. The van der Waals surface area contributed by atoms with Gasteiger partial charge in [0, 0.05) is 18.2 Å². The molecule has 3 aromatic rings. The van der Waals surface area contributed by atoms with Gasteiger partial charge in [0.15, 0.2) is 0 Å². The number of Topliss-reactive ketones (excluding diaryl/α,β-unsaturated/α-hetero) is 1. The molecule has 0 radical (unpaired) electrons. The number of hydrogen-bond donors (Lipinski definition) is 1. The lowest BCUT2D eigenvalue weighted by Gasteiger charge is -2.26. The summed E-state index contributed by atoms with van der Waals surface area (Å²) in [5.41, 5.74) is 2.95. The number of nitrogens with zero attached hydrogens (tertiary/aromatic N) is 1. The van der Waals surface area contributed by atoms with E-state index >= 15 is 0 Å². The van der Waals surface area contributed by atoms with Crippen molar-refractivity contribution in [3.05, 3.63) is 93.5 Å². The lowest BCUT2D eigenvalue weighted by molar-refractivity contribution is -0.132. The van der Waals surface area contributed by atoms with Crippen molar-refractivity contribution in [2.75, 3.05) is 12.0 Å². The lowest BCUT2D eigenvalue weighted by atomic mass is 9.94. The van der Waals surface area contributed by atoms with Gasteiger partial charge in [-0.05, 0) is 73.0 Å². The molecule has 1 N–H and O–H groups in total. The van der Waals surface area contributed by atoms with E-state index in [9.17, 15) is 19.5 Å². The molecule has 0 bridgehead atoms. The summed E-state index contributed by atoms with van der Waals surface area (Å²) in [6, 6.07) is 15.7. The molecule has 3 aromatic carbocycles. The highest BCUT2D eigenvalue weighted by Crippen LogP contribution is 2.43. The van der Waals surface area contributed by atoms with Gasteiger partial charge in [0.1, 0.15) is 17.3 Å². The zero-order valence-corrected chi connectivity index (χ0v) is 20.9. The Labute approximate surface area is 213 Å². The molecule has 7 nitrogen and oxygen atoms in total. The second-order valence-electron chi connectivity index (χ2n) is 8.53. The average Bonchev–Trinajstić information content (AvgIpc) is 3.08. The van der Waals surface area contributed by atoms with Crippen molar-refractivity contribution in [2.24, 2.45) is 0 Å². The van der Waals surface area contributed by atoms with E-state index in [1.807, 2.05) is 19.9 Å². The summed E-state index contributed by atoms with van der Waals surface area (Å²) in [5.74, 6) is -1.97. The summed E-state index contributed by atoms with van der Waals surface area (Å²) in [4.78, 5) is 39.7. The summed E-state index contributed by atoms with van der Waals surface area (Å²) in [5, 5.41) is 11.7. The molecule has 8 heteroatoms. The molecular weight excluding hydrogens is 482 g/mol. The third-order valence-electron chi connectivity index (χ3n) is 5.79. The van der Waals surface area contributed by atoms with Gasteiger partial charge < -0.3 is 14.6 Å². The summed E-state index contributed by atoms with van der Waals surface area (Å²) in [6.45, 7) is 5.06. The molecule has 0 aliphatic carbocycles. The minimum absolute atomic E-state index is 0.108. The molecule has 0 aromatic heterocycles. The predicted molar refractivity (Wildman–Crippen MR) is 136 cm³/mol. The van der Waals surface area contributed by atoms with Crippen molar-refractivity contribution in [3.63, 3.8) is 0 Å². The number of anilines is 1. The number of carbonyl (C=O) groups is 3. The second-order valence-corrected chi connectivity index (χ2v) is 8.94. The number of methoxy groups -OCH3 is 1. The number of benzene rings is 3. The fourth-order valence-corrected chi connectivity index (χ4v) is 4.58. The van der Waals surface area contributed by atoms with Crippen LogP contribution in [0.3, 0.4) is 0 Å². The van der Waals surface area contributed by atoms with Crippen molar-refractivity contribution in [1.29, 1.82) is 0 Å². The number of halogens is 1. The average molecular weight is 506 g/mol. The highest BCUT2D eigenvalue weighted by atomic mass is 35.5. The van der Waals surface area contributed by atoms with Crippen LogP contribution in [-0.2, 0) is 14.4 Å². The van der Waals surface area contributed by atoms with Crippen LogP contribution < -0.4 is 14.4 Å². The minimum atomic E-state index is -0.983. The summed E-state index contributed by atoms with van der Waals surface area (Å²) >= 11 is 6.14. The molecule has 1 aliphatic heterocycles. The van der Waals surface area contributed by atoms with Gasteiger partial charge in [-0.25, -0.2) is 0 Å². The maximum Gasteiger partial charge on any atom is 0.308 e. The van der Waals surface area contributed by atoms with E-state index in [2.05, 4.69) is 0 Å². The molecule has 36 heavy (non-hydrogen) atoms. The van der Waals surface area contributed by atoms with Gasteiger partial charge in [0.2, 0.25) is 0 Å². The van der Waals surface area contributed by atoms with Gasteiger partial charge in [0.25, 0.3) is 11.7 Å². The van der Waals surface area contributed by atoms with Crippen LogP contribution in [0.4, 0.5) is 5.69 Å². The molecule has 1 fully saturated rings. The van der Waals surface area contributed by atoms with Crippen LogP contribution in [0.25, 0.3) is 5.76 Å². The SMILES string of the molecule is COc1cc(/C(O)=C2/C(=O)C(=O)N(c3cc(C)cc(C)c3)C2c2cccc(OC(C)=O)c2)ccc1Cl. The van der Waals surface area contributed by atoms with Crippen molar-refractivity contribution in [3.8, 4) is 11.5 Å². The Balaban J connectivity index is 1.97. The number of ketones is 1. The largest absolute Gasteiger partial charge is 0.507 e. The third kappa shape index (κ3) is 4.70. The van der Waals surface area contributed by atoms with Crippen molar-refractivity contribution in [2.45, 2.75) is 26.8 Å². The van der Waals surface area contributed by atoms with E-state index < -0.39 is 23.7 Å². The number of aliphatic hydroxyl groups is 1. The van der Waals surface area contributed by atoms with Crippen molar-refractivity contribution >= 4 is 40.7 Å². The standard InChI is InChI=1S/C28H24ClNO6/c1-15-10-16(2)12-20(11-15)30-25(18-6-5-7-21(13-18)36-17(3)31)24(27(33)28(30)34)26(32)19-8-9-22(29)23(14-19)35-4/h5-14,25,32H,1-4H3/b26-24-. The summed E-state index contributed by atoms with van der Waals surface area (Å²) < 4.78 is 10.5. The molecule has 0 spiro atoms. The van der Waals surface area contributed by atoms with Gasteiger partial charge in [-0.15, -0.1) is 0 Å². The zero-order chi connectivity index (χ0) is 26.1. The van der Waals surface area contributed by atoms with Crippen LogP contribution in [0.1, 0.15) is 35.2 Å². The molecule has 184 valence electrons. The van der Waals surface area contributed by atoms with Crippen molar-refractivity contribution in [1.82, 2.24) is 0 Å². The number of hydrogen-bond acceptors (Lipinski definition) is 6. The van der Waals surface area contributed by atoms with Gasteiger partial charge in [-0.2, -0.15) is 0 Å². The molecule has 1 heterocycles. The van der Waals surface area contributed by atoms with Crippen LogP contribution in [0, 0.1) is 13.8 Å². The van der Waals surface area contributed by atoms with Gasteiger partial charge >= 0.3 is 5.97 Å². The molecule has 1 amide bonds. The van der Waals surface area contributed by atoms with E-state index in [1.165, 1.54) is 37.1 Å². The first kappa shape index (κ1) is 25.0. The Hall–Kier alpha value is -4.10. The van der Waals surface area contributed by atoms with E-state index in [0.717, 1.165) is 11.1 Å². The fourth-order valence-electron chi connectivity index (χ4n) is 4.38. The maximum atomic E-state index is 13.4. The van der Waals surface area contributed by atoms with E-state index in [0.29, 0.717) is 22.0 Å². The smallest absolute Gasteiger partial charge is 0.308 e. The van der Waals surface area contributed by atoms with Crippen LogP contribution >= 0.6 is 11.6 Å². The first-order valence-electron chi connectivity index (χ1n) is 11.1. The Bertz CT molecular complexity index is 1410. The molecule has 1 atom stereocenters. The topological polar surface area (TPSA) is 93.1 Å². The molecule has 1 aliphatic rings. The summed E-state index contributed by atoms with van der Waals surface area (Å²) in [6.07, 6.45) is 0. The quantitative estimate of drug-likeness (QED) is 0.161. The van der Waals surface area contributed by atoms with Gasteiger partial charge in [0.05, 0.1) is 23.7 Å².